The van der Waals surface area contributed by atoms with Crippen molar-refractivity contribution in [2.75, 3.05) is 19.7 Å². The Bertz CT molecular complexity index is 788. The van der Waals surface area contributed by atoms with E-state index < -0.39 is 41.1 Å². The quantitative estimate of drug-likeness (QED) is 0.521. The molecule has 0 unspecified atom stereocenters. The lowest BCUT2D eigenvalue weighted by Crippen LogP contribution is -2.61. The predicted octanol–water partition coefficient (Wildman–Crippen LogP) is 2.06. The third-order valence-corrected chi connectivity index (χ3v) is 7.15. The van der Waals surface area contributed by atoms with Crippen LogP contribution in [-0.2, 0) is 19.1 Å². The lowest BCUT2D eigenvalue weighted by molar-refractivity contribution is -0.153. The molecule has 0 saturated carbocycles. The molecular weight excluding hydrogens is 412 g/mol. The van der Waals surface area contributed by atoms with E-state index in [1.54, 1.807) is 11.0 Å². The van der Waals surface area contributed by atoms with Crippen molar-refractivity contribution in [3.63, 3.8) is 0 Å². The first-order chi connectivity index (χ1) is 14.8. The number of hydrogen-bond acceptors (Lipinski definition) is 5. The number of aliphatic carboxylic acids is 1. The van der Waals surface area contributed by atoms with Crippen molar-refractivity contribution >= 4 is 17.8 Å². The van der Waals surface area contributed by atoms with E-state index in [0.29, 0.717) is 25.8 Å². The number of carboxylic acids is 1. The number of carbonyl (C=O) groups excluding carboxylic acids is 2. The summed E-state index contributed by atoms with van der Waals surface area (Å²) in [4.78, 5) is 42.9. The van der Waals surface area contributed by atoms with Crippen LogP contribution in [0.5, 0.6) is 0 Å². The maximum absolute atomic E-state index is 14.2. The van der Waals surface area contributed by atoms with E-state index in [1.165, 1.54) is 4.90 Å². The Hall–Kier alpha value is -1.93. The van der Waals surface area contributed by atoms with Crippen LogP contribution in [0, 0.1) is 17.3 Å². The van der Waals surface area contributed by atoms with Crippen LogP contribution in [0.15, 0.2) is 12.7 Å². The summed E-state index contributed by atoms with van der Waals surface area (Å²) in [7, 11) is 0. The number of likely N-dealkylation sites (tertiary alicyclic amines) is 1. The van der Waals surface area contributed by atoms with Gasteiger partial charge in [-0.2, -0.15) is 0 Å². The maximum Gasteiger partial charge on any atom is 0.310 e. The molecule has 3 fully saturated rings. The van der Waals surface area contributed by atoms with Crippen LogP contribution in [0.2, 0.25) is 0 Å². The van der Waals surface area contributed by atoms with Crippen molar-refractivity contribution in [3.8, 4) is 0 Å². The molecule has 2 N–H and O–H groups in total. The highest BCUT2D eigenvalue weighted by Crippen LogP contribution is 2.58. The van der Waals surface area contributed by atoms with E-state index in [2.05, 4.69) is 27.4 Å². The van der Waals surface area contributed by atoms with Gasteiger partial charge in [-0.1, -0.05) is 26.8 Å². The standard InChI is InChI=1S/C24H38N2O6/c1-7-11-26(23(5,6)14-22(2,3)4)20(29)18-24-10-9-15(32-24)16(21(30)31)17(24)19(28)25(18)12-8-13-27/h7,15-18,27H,1,8-14H2,2-6H3,(H,30,31)/t15-,16+,17+,18-,24+/m1/s1. The van der Waals surface area contributed by atoms with Crippen LogP contribution >= 0.6 is 0 Å². The van der Waals surface area contributed by atoms with Gasteiger partial charge in [0, 0.05) is 25.2 Å². The van der Waals surface area contributed by atoms with Gasteiger partial charge in [-0.05, 0) is 44.9 Å². The number of amides is 2. The maximum atomic E-state index is 14.2. The summed E-state index contributed by atoms with van der Waals surface area (Å²) in [6.45, 7) is 14.6. The Balaban J connectivity index is 2.05. The summed E-state index contributed by atoms with van der Waals surface area (Å²) < 4.78 is 6.23. The molecule has 0 aromatic heterocycles. The monoisotopic (exact) mass is 450 g/mol. The first-order valence-corrected chi connectivity index (χ1v) is 11.5. The van der Waals surface area contributed by atoms with E-state index in [9.17, 15) is 24.6 Å². The minimum Gasteiger partial charge on any atom is -0.481 e. The summed E-state index contributed by atoms with van der Waals surface area (Å²) in [5.41, 5.74) is -1.69. The number of aliphatic hydroxyl groups excluding tert-OH is 1. The number of aliphatic hydroxyl groups is 1. The van der Waals surface area contributed by atoms with Gasteiger partial charge in [0.2, 0.25) is 11.8 Å². The zero-order valence-electron chi connectivity index (χ0n) is 20.0. The summed E-state index contributed by atoms with van der Waals surface area (Å²) >= 11 is 0. The topological polar surface area (TPSA) is 107 Å². The molecule has 8 heteroatoms. The van der Waals surface area contributed by atoms with Gasteiger partial charge < -0.3 is 24.7 Å². The molecule has 3 aliphatic heterocycles. The fourth-order valence-electron chi connectivity index (χ4n) is 6.50. The molecule has 0 radical (unpaired) electrons. The molecule has 1 spiro atoms. The predicted molar refractivity (Wildman–Crippen MR) is 119 cm³/mol. The van der Waals surface area contributed by atoms with Gasteiger partial charge >= 0.3 is 5.97 Å². The second kappa shape index (κ2) is 8.45. The van der Waals surface area contributed by atoms with Crippen LogP contribution in [-0.4, -0.2) is 80.8 Å². The summed E-state index contributed by atoms with van der Waals surface area (Å²) in [6, 6.07) is -0.903. The Kier molecular flexibility index (Phi) is 6.52. The minimum absolute atomic E-state index is 0.0389. The second-order valence-electron chi connectivity index (χ2n) is 11.3. The third kappa shape index (κ3) is 3.96. The van der Waals surface area contributed by atoms with Crippen LogP contribution in [0.25, 0.3) is 0 Å². The molecule has 3 saturated heterocycles. The smallest absolute Gasteiger partial charge is 0.310 e. The van der Waals surface area contributed by atoms with Crippen molar-refractivity contribution in [3.05, 3.63) is 12.7 Å². The van der Waals surface area contributed by atoms with Gasteiger partial charge in [0.1, 0.15) is 11.6 Å². The largest absolute Gasteiger partial charge is 0.481 e. The number of hydrogen-bond donors (Lipinski definition) is 2. The molecule has 2 bridgehead atoms. The zero-order chi connectivity index (χ0) is 24.1. The molecular formula is C24H38N2O6. The fourth-order valence-corrected chi connectivity index (χ4v) is 6.50. The molecule has 3 rings (SSSR count). The molecule has 8 nitrogen and oxygen atoms in total. The molecule has 32 heavy (non-hydrogen) atoms. The van der Waals surface area contributed by atoms with Gasteiger partial charge in [0.05, 0.1) is 17.9 Å². The van der Waals surface area contributed by atoms with Gasteiger partial charge in [-0.25, -0.2) is 0 Å². The highest BCUT2D eigenvalue weighted by molar-refractivity contribution is 5.98. The lowest BCUT2D eigenvalue weighted by Gasteiger charge is -2.45. The van der Waals surface area contributed by atoms with Crippen LogP contribution in [0.4, 0.5) is 0 Å². The van der Waals surface area contributed by atoms with Crippen molar-refractivity contribution in [1.29, 1.82) is 0 Å². The molecule has 0 aromatic carbocycles. The average Bonchev–Trinajstić information content (AvgIpc) is 3.29. The molecule has 0 aliphatic carbocycles. The SMILES string of the molecule is C=CCN(C(=O)[C@H]1N(CCCO)C(=O)[C@@H]2[C@@H](C(=O)O)[C@H]3CC[C@]21O3)C(C)(C)CC(C)(C)C. The summed E-state index contributed by atoms with van der Waals surface area (Å²) in [5.74, 6) is -3.46. The Morgan fingerprint density at radius 3 is 2.50 bits per heavy atom. The molecule has 180 valence electrons. The molecule has 3 heterocycles. The van der Waals surface area contributed by atoms with E-state index in [1.807, 2.05) is 13.8 Å². The normalized spacial score (nSPS) is 31.7. The van der Waals surface area contributed by atoms with Gasteiger partial charge in [0.15, 0.2) is 0 Å². The van der Waals surface area contributed by atoms with Gasteiger partial charge in [-0.15, -0.1) is 6.58 Å². The second-order valence-corrected chi connectivity index (χ2v) is 11.3. The van der Waals surface area contributed by atoms with Crippen LogP contribution < -0.4 is 0 Å². The number of rotatable bonds is 9. The highest BCUT2D eigenvalue weighted by Gasteiger charge is 2.75. The Morgan fingerprint density at radius 1 is 1.31 bits per heavy atom. The van der Waals surface area contributed by atoms with Crippen LogP contribution in [0.1, 0.15) is 60.3 Å². The van der Waals surface area contributed by atoms with Crippen molar-refractivity contribution < 1.29 is 29.3 Å². The third-order valence-electron chi connectivity index (χ3n) is 7.15. The molecule has 0 aromatic rings. The number of carbonyl (C=O) groups is 3. The average molecular weight is 451 g/mol. The fraction of sp³-hybridized carbons (Fsp3) is 0.792. The summed E-state index contributed by atoms with van der Waals surface area (Å²) in [5, 5.41) is 19.2. The number of ether oxygens (including phenoxy) is 1. The minimum atomic E-state index is -1.13. The Morgan fingerprint density at radius 2 is 1.97 bits per heavy atom. The number of carboxylic acid groups (broad SMARTS) is 1. The van der Waals surface area contributed by atoms with Crippen molar-refractivity contribution in [2.45, 2.75) is 83.6 Å². The summed E-state index contributed by atoms with van der Waals surface area (Å²) in [6.07, 6.45) is 3.17. The highest BCUT2D eigenvalue weighted by atomic mass is 16.5. The zero-order valence-corrected chi connectivity index (χ0v) is 20.0. The lowest BCUT2D eigenvalue weighted by atomic mass is 9.70. The first-order valence-electron chi connectivity index (χ1n) is 11.5. The molecule has 3 aliphatic rings. The molecule has 2 amide bonds. The van der Waals surface area contributed by atoms with Gasteiger partial charge in [0.25, 0.3) is 0 Å². The van der Waals surface area contributed by atoms with Crippen molar-refractivity contribution in [1.82, 2.24) is 9.80 Å². The van der Waals surface area contributed by atoms with E-state index in [-0.39, 0.29) is 30.4 Å². The van der Waals surface area contributed by atoms with E-state index in [4.69, 9.17) is 4.74 Å². The first kappa shape index (κ1) is 24.7. The van der Waals surface area contributed by atoms with Gasteiger partial charge in [-0.3, -0.25) is 14.4 Å². The molecule has 5 atom stereocenters. The van der Waals surface area contributed by atoms with Crippen LogP contribution in [0.3, 0.4) is 0 Å². The number of nitrogens with zero attached hydrogens (tertiary/aromatic N) is 2. The van der Waals surface area contributed by atoms with E-state index >= 15 is 0 Å². The van der Waals surface area contributed by atoms with E-state index in [0.717, 1.165) is 6.42 Å². The van der Waals surface area contributed by atoms with Crippen molar-refractivity contribution in [2.24, 2.45) is 17.3 Å². The number of fused-ring (bicyclic) bond motifs is 1. The Labute approximate surface area is 190 Å².